The molecule has 9 heteroatoms. The molecule has 1 heterocycles. The highest BCUT2D eigenvalue weighted by molar-refractivity contribution is 7.92. The molecule has 0 unspecified atom stereocenters. The summed E-state index contributed by atoms with van der Waals surface area (Å²) in [5, 5.41) is 5.59. The lowest BCUT2D eigenvalue weighted by Crippen LogP contribution is -2.32. The molecule has 1 aliphatic heterocycles. The number of aryl methyl sites for hydroxylation is 1. The van der Waals surface area contributed by atoms with Gasteiger partial charge in [-0.05, 0) is 61.7 Å². The lowest BCUT2D eigenvalue weighted by molar-refractivity contribution is 0.0858. The SMILES string of the molecule is Cc1ccc(C(=O)Nc2ccccc2C(=O)NC[C@@H]2CCCO2)cc1S(=O)(=O)Nc1ccccc1. The Hall–Kier alpha value is -3.69. The smallest absolute Gasteiger partial charge is 0.262 e. The molecule has 35 heavy (non-hydrogen) atoms. The van der Waals surface area contributed by atoms with Crippen molar-refractivity contribution in [3.63, 3.8) is 0 Å². The van der Waals surface area contributed by atoms with E-state index in [0.717, 1.165) is 12.8 Å². The standard InChI is InChI=1S/C26H27N3O5S/c1-18-13-14-19(16-24(18)35(32,33)29-20-8-3-2-4-9-20)25(30)28-23-12-6-5-11-22(23)26(31)27-17-21-10-7-15-34-21/h2-6,8-9,11-14,16,21,29H,7,10,15,17H2,1H3,(H,27,31)(H,28,30)/t21-/m0/s1. The summed E-state index contributed by atoms with van der Waals surface area (Å²) in [6.45, 7) is 2.76. The number of anilines is 2. The molecule has 2 amide bonds. The fraction of sp³-hybridized carbons (Fsp3) is 0.231. The van der Waals surface area contributed by atoms with Gasteiger partial charge in [0.15, 0.2) is 0 Å². The first kappa shape index (κ1) is 24.4. The van der Waals surface area contributed by atoms with E-state index in [-0.39, 0.29) is 22.5 Å². The van der Waals surface area contributed by atoms with Crippen molar-refractivity contribution in [2.45, 2.75) is 30.8 Å². The molecule has 3 N–H and O–H groups in total. The quantitative estimate of drug-likeness (QED) is 0.440. The van der Waals surface area contributed by atoms with Gasteiger partial charge in [0.2, 0.25) is 0 Å². The summed E-state index contributed by atoms with van der Waals surface area (Å²) in [5.41, 5.74) is 1.71. The number of hydrogen-bond acceptors (Lipinski definition) is 5. The van der Waals surface area contributed by atoms with Crippen LogP contribution >= 0.6 is 0 Å². The average molecular weight is 494 g/mol. The summed E-state index contributed by atoms with van der Waals surface area (Å²) in [5.74, 6) is -0.851. The van der Waals surface area contributed by atoms with Crippen LogP contribution < -0.4 is 15.4 Å². The van der Waals surface area contributed by atoms with Crippen molar-refractivity contribution >= 4 is 33.2 Å². The van der Waals surface area contributed by atoms with Crippen LogP contribution in [0.5, 0.6) is 0 Å². The normalized spacial score (nSPS) is 15.4. The summed E-state index contributed by atoms with van der Waals surface area (Å²) in [4.78, 5) is 25.8. The molecular weight excluding hydrogens is 466 g/mol. The number of carbonyl (C=O) groups is 2. The van der Waals surface area contributed by atoms with Crippen molar-refractivity contribution in [3.05, 3.63) is 89.5 Å². The Bertz CT molecular complexity index is 1320. The average Bonchev–Trinajstić information content (AvgIpc) is 3.37. The minimum Gasteiger partial charge on any atom is -0.376 e. The molecule has 3 aromatic rings. The van der Waals surface area contributed by atoms with Crippen LogP contribution in [0.15, 0.2) is 77.7 Å². The van der Waals surface area contributed by atoms with E-state index in [1.165, 1.54) is 6.07 Å². The van der Waals surface area contributed by atoms with E-state index in [1.54, 1.807) is 73.7 Å². The zero-order chi connectivity index (χ0) is 24.8. The van der Waals surface area contributed by atoms with Crippen molar-refractivity contribution in [1.82, 2.24) is 5.32 Å². The Labute approximate surface area is 204 Å². The molecule has 1 fully saturated rings. The number of benzene rings is 3. The molecule has 0 radical (unpaired) electrons. The zero-order valence-electron chi connectivity index (χ0n) is 19.3. The van der Waals surface area contributed by atoms with Gasteiger partial charge >= 0.3 is 0 Å². The van der Waals surface area contributed by atoms with Crippen molar-refractivity contribution in [3.8, 4) is 0 Å². The molecule has 8 nitrogen and oxygen atoms in total. The lowest BCUT2D eigenvalue weighted by Gasteiger charge is -2.15. The van der Waals surface area contributed by atoms with Crippen LogP contribution in [0.2, 0.25) is 0 Å². The van der Waals surface area contributed by atoms with Crippen LogP contribution in [0.3, 0.4) is 0 Å². The third-order valence-electron chi connectivity index (χ3n) is 5.70. The van der Waals surface area contributed by atoms with Gasteiger partial charge in [-0.1, -0.05) is 36.4 Å². The molecule has 4 rings (SSSR count). The van der Waals surface area contributed by atoms with E-state index in [0.29, 0.717) is 35.7 Å². The predicted octanol–water partition coefficient (Wildman–Crippen LogP) is 3.96. The number of carbonyl (C=O) groups excluding carboxylic acids is 2. The highest BCUT2D eigenvalue weighted by atomic mass is 32.2. The number of sulfonamides is 1. The summed E-state index contributed by atoms with van der Waals surface area (Å²) >= 11 is 0. The number of para-hydroxylation sites is 2. The van der Waals surface area contributed by atoms with Crippen molar-refractivity contribution in [2.75, 3.05) is 23.2 Å². The van der Waals surface area contributed by atoms with Crippen LogP contribution in [-0.2, 0) is 14.8 Å². The van der Waals surface area contributed by atoms with Gasteiger partial charge in [-0.3, -0.25) is 14.3 Å². The Balaban J connectivity index is 1.51. The summed E-state index contributed by atoms with van der Waals surface area (Å²) in [6, 6.07) is 19.6. The highest BCUT2D eigenvalue weighted by Gasteiger charge is 2.21. The fourth-order valence-corrected chi connectivity index (χ4v) is 5.17. The van der Waals surface area contributed by atoms with E-state index < -0.39 is 15.9 Å². The van der Waals surface area contributed by atoms with Gasteiger partial charge in [-0.15, -0.1) is 0 Å². The maximum Gasteiger partial charge on any atom is 0.262 e. The van der Waals surface area contributed by atoms with Crippen LogP contribution in [0.25, 0.3) is 0 Å². The molecule has 3 aromatic carbocycles. The first-order valence-corrected chi connectivity index (χ1v) is 12.8. The van der Waals surface area contributed by atoms with Crippen LogP contribution in [0, 0.1) is 6.92 Å². The van der Waals surface area contributed by atoms with Gasteiger partial charge in [0.1, 0.15) is 0 Å². The van der Waals surface area contributed by atoms with Gasteiger partial charge in [0, 0.05) is 24.4 Å². The molecule has 0 aliphatic carbocycles. The zero-order valence-corrected chi connectivity index (χ0v) is 20.1. The van der Waals surface area contributed by atoms with E-state index in [4.69, 9.17) is 4.74 Å². The molecule has 0 saturated carbocycles. The van der Waals surface area contributed by atoms with Gasteiger partial charge in [-0.2, -0.15) is 0 Å². The Morgan fingerprint density at radius 3 is 2.46 bits per heavy atom. The third kappa shape index (κ3) is 6.06. The number of amides is 2. The van der Waals surface area contributed by atoms with E-state index in [2.05, 4.69) is 15.4 Å². The second-order valence-corrected chi connectivity index (χ2v) is 9.95. The van der Waals surface area contributed by atoms with Gasteiger partial charge in [0.05, 0.1) is 22.3 Å². The van der Waals surface area contributed by atoms with E-state index in [1.807, 2.05) is 0 Å². The second-order valence-electron chi connectivity index (χ2n) is 8.30. The highest BCUT2D eigenvalue weighted by Crippen LogP contribution is 2.22. The first-order chi connectivity index (χ1) is 16.8. The van der Waals surface area contributed by atoms with E-state index >= 15 is 0 Å². The molecular formula is C26H27N3O5S. The van der Waals surface area contributed by atoms with Crippen molar-refractivity contribution < 1.29 is 22.7 Å². The molecule has 1 saturated heterocycles. The maximum absolute atomic E-state index is 13.0. The summed E-state index contributed by atoms with van der Waals surface area (Å²) in [6.07, 6.45) is 1.87. The fourth-order valence-electron chi connectivity index (χ4n) is 3.84. The molecule has 0 aromatic heterocycles. The predicted molar refractivity (Wildman–Crippen MR) is 134 cm³/mol. The minimum absolute atomic E-state index is 0.00173. The second kappa shape index (κ2) is 10.7. The molecule has 0 bridgehead atoms. The maximum atomic E-state index is 13.0. The molecule has 1 aliphatic rings. The van der Waals surface area contributed by atoms with Crippen LogP contribution in [0.1, 0.15) is 39.1 Å². The molecule has 0 spiro atoms. The van der Waals surface area contributed by atoms with Gasteiger partial charge < -0.3 is 15.4 Å². The lowest BCUT2D eigenvalue weighted by atomic mass is 10.1. The third-order valence-corrected chi connectivity index (χ3v) is 7.22. The largest absolute Gasteiger partial charge is 0.376 e. The monoisotopic (exact) mass is 493 g/mol. The number of rotatable bonds is 8. The molecule has 1 atom stereocenters. The van der Waals surface area contributed by atoms with Gasteiger partial charge in [0.25, 0.3) is 21.8 Å². The Kier molecular flexibility index (Phi) is 7.48. The van der Waals surface area contributed by atoms with Gasteiger partial charge in [-0.25, -0.2) is 8.42 Å². The van der Waals surface area contributed by atoms with Crippen LogP contribution in [-0.4, -0.2) is 39.5 Å². The van der Waals surface area contributed by atoms with Crippen molar-refractivity contribution in [1.29, 1.82) is 0 Å². The first-order valence-electron chi connectivity index (χ1n) is 11.3. The van der Waals surface area contributed by atoms with Crippen molar-refractivity contribution in [2.24, 2.45) is 0 Å². The van der Waals surface area contributed by atoms with E-state index in [9.17, 15) is 18.0 Å². The summed E-state index contributed by atoms with van der Waals surface area (Å²) in [7, 11) is -3.92. The number of ether oxygens (including phenoxy) is 1. The minimum atomic E-state index is -3.92. The van der Waals surface area contributed by atoms with Crippen LogP contribution in [0.4, 0.5) is 11.4 Å². The Morgan fingerprint density at radius 1 is 0.971 bits per heavy atom. The number of hydrogen-bond donors (Lipinski definition) is 3. The summed E-state index contributed by atoms with van der Waals surface area (Å²) < 4.78 is 34.0. The Morgan fingerprint density at radius 2 is 1.71 bits per heavy atom. The molecule has 182 valence electrons. The number of nitrogens with one attached hydrogen (secondary N) is 3. The topological polar surface area (TPSA) is 114 Å².